The third-order valence-electron chi connectivity index (χ3n) is 1.59. The molecule has 0 aliphatic rings. The van der Waals surface area contributed by atoms with Crippen molar-refractivity contribution in [2.45, 2.75) is 9.79 Å². The number of hydrogen-bond acceptors (Lipinski definition) is 7. The zero-order valence-corrected chi connectivity index (χ0v) is 12.2. The highest BCUT2D eigenvalue weighted by Gasteiger charge is 2.14. The highest BCUT2D eigenvalue weighted by atomic mass is 127. The van der Waals surface area contributed by atoms with Crippen LogP contribution in [-0.4, -0.2) is 24.7 Å². The summed E-state index contributed by atoms with van der Waals surface area (Å²) in [6.07, 6.45) is 0. The molecule has 1 rings (SSSR count). The summed E-state index contributed by atoms with van der Waals surface area (Å²) < 4.78 is 32.7. The van der Waals surface area contributed by atoms with E-state index in [2.05, 4.69) is 9.37 Å². The van der Waals surface area contributed by atoms with Gasteiger partial charge < -0.3 is 0 Å². The molecule has 1 N–H and O–H groups in total. The molecule has 0 spiro atoms. The second kappa shape index (κ2) is 7.51. The van der Waals surface area contributed by atoms with Crippen LogP contribution in [0.3, 0.4) is 0 Å². The van der Waals surface area contributed by atoms with Crippen molar-refractivity contribution in [3.05, 3.63) is 24.3 Å². The van der Waals surface area contributed by atoms with E-state index in [1.807, 2.05) is 22.6 Å². The predicted molar refractivity (Wildman–Crippen MR) is 69.1 cm³/mol. The smallest absolute Gasteiger partial charge is 0.266 e. The molecule has 0 amide bonds. The Morgan fingerprint density at radius 1 is 1.29 bits per heavy atom. The van der Waals surface area contributed by atoms with Gasteiger partial charge in [-0.05, 0) is 24.3 Å². The lowest BCUT2D eigenvalue weighted by molar-refractivity contribution is -0.432. The molecule has 0 aliphatic heterocycles. The Morgan fingerprint density at radius 2 is 1.94 bits per heavy atom. The minimum Gasteiger partial charge on any atom is -0.266 e. The van der Waals surface area contributed by atoms with E-state index in [-0.39, 0.29) is 11.5 Å². The van der Waals surface area contributed by atoms with Gasteiger partial charge in [-0.1, -0.05) is 27.6 Å². The molecule has 0 atom stereocenters. The topological polar surface area (TPSA) is 82.1 Å². The maximum Gasteiger partial charge on any atom is 0.296 e. The summed E-state index contributed by atoms with van der Waals surface area (Å²) >= 11 is 2.77. The van der Waals surface area contributed by atoms with Crippen LogP contribution in [0.2, 0.25) is 0 Å². The maximum absolute atomic E-state index is 11.6. The van der Waals surface area contributed by atoms with Crippen LogP contribution in [0.4, 0.5) is 0 Å². The lowest BCUT2D eigenvalue weighted by Crippen LogP contribution is -2.07. The zero-order chi connectivity index (χ0) is 12.7. The largest absolute Gasteiger partial charge is 0.296 e. The van der Waals surface area contributed by atoms with Gasteiger partial charge in [-0.3, -0.25) is 4.18 Å². The summed E-state index contributed by atoms with van der Waals surface area (Å²) in [4.78, 5) is 0.642. The Balaban J connectivity index is 2.73. The van der Waals surface area contributed by atoms with Crippen molar-refractivity contribution in [3.8, 4) is 0 Å². The molecule has 0 bridgehead atoms. The number of halogens is 1. The van der Waals surface area contributed by atoms with Crippen LogP contribution in [0.25, 0.3) is 0 Å². The molecule has 1 aromatic carbocycles. The van der Waals surface area contributed by atoms with Gasteiger partial charge in [0.25, 0.3) is 10.1 Å². The molecule has 0 aromatic heterocycles. The van der Waals surface area contributed by atoms with E-state index < -0.39 is 10.1 Å². The standard InChI is InChI=1S/C8H9IO6S2/c9-5-6-13-17(11,12)8-3-1-7(2-4-8)16-15-14-10/h1-4,10H,5-6H2. The van der Waals surface area contributed by atoms with Gasteiger partial charge in [-0.25, -0.2) is 5.26 Å². The fourth-order valence-electron chi connectivity index (χ4n) is 0.926. The van der Waals surface area contributed by atoms with E-state index in [1.54, 1.807) is 0 Å². The molecule has 9 heteroatoms. The molecule has 0 aliphatic carbocycles. The third-order valence-corrected chi connectivity index (χ3v) is 3.95. The minimum atomic E-state index is -3.70. The van der Waals surface area contributed by atoms with Crippen molar-refractivity contribution in [2.75, 3.05) is 11.0 Å². The second-order valence-electron chi connectivity index (χ2n) is 2.66. The summed E-state index contributed by atoms with van der Waals surface area (Å²) in [6.45, 7) is 0.140. The van der Waals surface area contributed by atoms with Crippen LogP contribution in [0, 0.1) is 0 Å². The molecule has 0 radical (unpaired) electrons. The van der Waals surface area contributed by atoms with Gasteiger partial charge in [0.05, 0.1) is 23.5 Å². The number of alkyl halides is 1. The maximum atomic E-state index is 11.6. The van der Waals surface area contributed by atoms with Crippen LogP contribution < -0.4 is 0 Å². The minimum absolute atomic E-state index is 0.0663. The van der Waals surface area contributed by atoms with Crippen molar-refractivity contribution >= 4 is 44.8 Å². The first-order valence-electron chi connectivity index (χ1n) is 4.30. The Morgan fingerprint density at radius 3 is 2.47 bits per heavy atom. The van der Waals surface area contributed by atoms with Crippen molar-refractivity contribution in [1.29, 1.82) is 0 Å². The quantitative estimate of drug-likeness (QED) is 0.190. The van der Waals surface area contributed by atoms with Crippen LogP contribution >= 0.6 is 34.6 Å². The van der Waals surface area contributed by atoms with Crippen molar-refractivity contribution in [1.82, 2.24) is 0 Å². The highest BCUT2D eigenvalue weighted by Crippen LogP contribution is 2.21. The molecular formula is C8H9IO6S2. The SMILES string of the molecule is O=S(=O)(OCCI)c1ccc(SOOO)cc1. The van der Waals surface area contributed by atoms with E-state index >= 15 is 0 Å². The van der Waals surface area contributed by atoms with Crippen LogP contribution in [0.15, 0.2) is 34.1 Å². The molecular weight excluding hydrogens is 383 g/mol. The van der Waals surface area contributed by atoms with E-state index in [4.69, 9.17) is 9.44 Å². The number of hydrogen-bond donors (Lipinski definition) is 1. The highest BCUT2D eigenvalue weighted by molar-refractivity contribution is 14.1. The van der Waals surface area contributed by atoms with E-state index in [0.717, 1.165) is 12.0 Å². The molecule has 6 nitrogen and oxygen atoms in total. The first-order valence-corrected chi connectivity index (χ1v) is 7.98. The molecule has 96 valence electrons. The van der Waals surface area contributed by atoms with E-state index in [9.17, 15) is 8.42 Å². The summed E-state index contributed by atoms with van der Waals surface area (Å²) in [6, 6.07) is 5.77. The zero-order valence-electron chi connectivity index (χ0n) is 8.41. The third kappa shape index (κ3) is 5.07. The predicted octanol–water partition coefficient (Wildman–Crippen LogP) is 2.26. The molecule has 0 saturated carbocycles. The van der Waals surface area contributed by atoms with E-state index in [1.165, 1.54) is 24.3 Å². The molecule has 0 unspecified atom stereocenters. The van der Waals surface area contributed by atoms with E-state index in [0.29, 0.717) is 9.32 Å². The second-order valence-corrected chi connectivity index (χ2v) is 6.13. The van der Waals surface area contributed by atoms with Crippen molar-refractivity contribution in [3.63, 3.8) is 0 Å². The van der Waals surface area contributed by atoms with Gasteiger partial charge >= 0.3 is 0 Å². The Kier molecular flexibility index (Phi) is 6.69. The first kappa shape index (κ1) is 15.1. The summed E-state index contributed by atoms with van der Waals surface area (Å²) in [7, 11) is -3.70. The van der Waals surface area contributed by atoms with Gasteiger partial charge in [-0.15, -0.1) is 4.33 Å². The monoisotopic (exact) mass is 392 g/mol. The van der Waals surface area contributed by atoms with Crippen LogP contribution in [0.1, 0.15) is 0 Å². The molecule has 1 aromatic rings. The lowest BCUT2D eigenvalue weighted by Gasteiger charge is -2.04. The van der Waals surface area contributed by atoms with Gasteiger partial charge in [-0.2, -0.15) is 8.42 Å². The number of benzene rings is 1. The van der Waals surface area contributed by atoms with Crippen molar-refractivity contribution < 1.29 is 27.2 Å². The molecule has 0 fully saturated rings. The van der Waals surface area contributed by atoms with Gasteiger partial charge in [0.15, 0.2) is 0 Å². The van der Waals surface area contributed by atoms with Crippen LogP contribution in [0.5, 0.6) is 0 Å². The lowest BCUT2D eigenvalue weighted by atomic mass is 10.4. The summed E-state index contributed by atoms with van der Waals surface area (Å²) in [5.41, 5.74) is 0. The molecule has 0 heterocycles. The fraction of sp³-hybridized carbons (Fsp3) is 0.250. The fourth-order valence-corrected chi connectivity index (χ4v) is 2.71. The Labute approximate surface area is 117 Å². The average molecular weight is 392 g/mol. The number of rotatable bonds is 7. The molecule has 17 heavy (non-hydrogen) atoms. The van der Waals surface area contributed by atoms with Crippen molar-refractivity contribution in [2.24, 2.45) is 0 Å². The summed E-state index contributed by atoms with van der Waals surface area (Å²) in [5.74, 6) is 0. The molecule has 0 saturated heterocycles. The Hall–Kier alpha value is 0.0900. The van der Waals surface area contributed by atoms with Gasteiger partial charge in [0.2, 0.25) is 0 Å². The Bertz CT molecular complexity index is 432. The van der Waals surface area contributed by atoms with Gasteiger partial charge in [0, 0.05) is 9.32 Å². The summed E-state index contributed by atoms with van der Waals surface area (Å²) in [5, 5.41) is 11.4. The normalized spacial score (nSPS) is 11.6. The average Bonchev–Trinajstić information content (AvgIpc) is 2.34. The van der Waals surface area contributed by atoms with Gasteiger partial charge in [0.1, 0.15) is 0 Å². The first-order chi connectivity index (χ1) is 8.10. The van der Waals surface area contributed by atoms with Crippen LogP contribution in [-0.2, 0) is 23.7 Å².